The first-order valence-corrected chi connectivity index (χ1v) is 9.61. The summed E-state index contributed by atoms with van der Waals surface area (Å²) in [6, 6.07) is 7.59. The van der Waals surface area contributed by atoms with Crippen molar-refractivity contribution in [3.63, 3.8) is 0 Å². The third kappa shape index (κ3) is 5.81. The number of benzene rings is 1. The minimum Gasteiger partial charge on any atom is -0.469 e. The third-order valence-corrected chi connectivity index (χ3v) is 5.19. The van der Waals surface area contributed by atoms with E-state index in [1.807, 2.05) is 40.4 Å². The number of thiazole rings is 1. The Hall–Kier alpha value is -1.57. The van der Waals surface area contributed by atoms with Gasteiger partial charge in [-0.15, -0.1) is 11.3 Å². The highest BCUT2D eigenvalue weighted by atomic mass is 35.5. The first kappa shape index (κ1) is 18.8. The smallest absolute Gasteiger partial charge is 0.306 e. The molecule has 1 amide bonds. The van der Waals surface area contributed by atoms with Gasteiger partial charge in [0, 0.05) is 22.4 Å². The molecule has 0 bridgehead atoms. The van der Waals surface area contributed by atoms with Gasteiger partial charge >= 0.3 is 5.97 Å². The van der Waals surface area contributed by atoms with Gasteiger partial charge in [0.15, 0.2) is 4.80 Å². The minimum atomic E-state index is -0.275. The Morgan fingerprint density at radius 2 is 2.17 bits per heavy atom. The van der Waals surface area contributed by atoms with Crippen molar-refractivity contribution in [2.45, 2.75) is 13.0 Å². The van der Waals surface area contributed by atoms with Gasteiger partial charge in [-0.1, -0.05) is 29.8 Å². The van der Waals surface area contributed by atoms with Gasteiger partial charge in [-0.2, -0.15) is 16.8 Å². The summed E-state index contributed by atoms with van der Waals surface area (Å²) in [4.78, 5) is 27.7. The molecule has 0 saturated carbocycles. The number of ether oxygens (including phenoxy) is 1. The average Bonchev–Trinajstić information content (AvgIpc) is 3.00. The second-order valence-electron chi connectivity index (χ2n) is 4.79. The molecule has 128 valence electrons. The molecule has 2 rings (SSSR count). The van der Waals surface area contributed by atoms with Gasteiger partial charge in [-0.25, -0.2) is 0 Å². The van der Waals surface area contributed by atoms with Crippen LogP contribution in [0.3, 0.4) is 0 Å². The van der Waals surface area contributed by atoms with E-state index in [-0.39, 0.29) is 17.6 Å². The van der Waals surface area contributed by atoms with Crippen LogP contribution in [0.15, 0.2) is 40.8 Å². The van der Waals surface area contributed by atoms with Crippen molar-refractivity contribution in [1.82, 2.24) is 4.57 Å². The Morgan fingerprint density at radius 3 is 2.92 bits per heavy atom. The molecule has 0 aliphatic carbocycles. The van der Waals surface area contributed by atoms with E-state index in [1.165, 1.54) is 30.2 Å². The summed E-state index contributed by atoms with van der Waals surface area (Å²) in [5.74, 6) is 0.280. The molecule has 1 aromatic carbocycles. The summed E-state index contributed by atoms with van der Waals surface area (Å²) >= 11 is 8.94. The predicted molar refractivity (Wildman–Crippen MR) is 97.4 cm³/mol. The van der Waals surface area contributed by atoms with E-state index < -0.39 is 0 Å². The molecule has 0 atom stereocenters. The number of hydrogen-bond acceptors (Lipinski definition) is 5. The van der Waals surface area contributed by atoms with Crippen LogP contribution in [0.4, 0.5) is 0 Å². The van der Waals surface area contributed by atoms with E-state index in [4.69, 9.17) is 11.6 Å². The Kier molecular flexibility index (Phi) is 7.55. The lowest BCUT2D eigenvalue weighted by Gasteiger charge is -2.05. The van der Waals surface area contributed by atoms with E-state index in [2.05, 4.69) is 9.73 Å². The zero-order chi connectivity index (χ0) is 17.4. The maximum absolute atomic E-state index is 12.0. The monoisotopic (exact) mass is 384 g/mol. The van der Waals surface area contributed by atoms with Crippen LogP contribution in [0.25, 0.3) is 0 Å². The van der Waals surface area contributed by atoms with Crippen molar-refractivity contribution in [1.29, 1.82) is 0 Å². The Labute approximate surface area is 153 Å². The Balaban J connectivity index is 1.96. The van der Waals surface area contributed by atoms with Crippen molar-refractivity contribution in [2.75, 3.05) is 18.6 Å². The van der Waals surface area contributed by atoms with Crippen LogP contribution in [0, 0.1) is 0 Å². The van der Waals surface area contributed by atoms with Crippen molar-refractivity contribution in [3.05, 3.63) is 51.2 Å². The molecular weight excluding hydrogens is 368 g/mol. The molecule has 1 aromatic heterocycles. The molecule has 0 aliphatic heterocycles. The Bertz CT molecular complexity index is 770. The molecule has 0 unspecified atom stereocenters. The molecule has 0 spiro atoms. The molecule has 0 aliphatic rings. The highest BCUT2D eigenvalue weighted by Gasteiger charge is 2.06. The largest absolute Gasteiger partial charge is 0.469 e. The maximum Gasteiger partial charge on any atom is 0.306 e. The van der Waals surface area contributed by atoms with Crippen molar-refractivity contribution < 1.29 is 14.3 Å². The number of esters is 1. The van der Waals surface area contributed by atoms with Crippen LogP contribution in [0.1, 0.15) is 12.0 Å². The summed E-state index contributed by atoms with van der Waals surface area (Å²) < 4.78 is 6.44. The normalized spacial score (nSPS) is 11.5. The van der Waals surface area contributed by atoms with Crippen molar-refractivity contribution in [2.24, 2.45) is 4.99 Å². The molecule has 2 aromatic rings. The van der Waals surface area contributed by atoms with Gasteiger partial charge in [0.05, 0.1) is 25.8 Å². The summed E-state index contributed by atoms with van der Waals surface area (Å²) in [6.07, 6.45) is 2.17. The lowest BCUT2D eigenvalue weighted by molar-refractivity contribution is -0.140. The first-order valence-electron chi connectivity index (χ1n) is 7.19. The fraction of sp³-hybridized carbons (Fsp3) is 0.312. The van der Waals surface area contributed by atoms with Gasteiger partial charge in [0.2, 0.25) is 0 Å². The second-order valence-corrected chi connectivity index (χ2v) is 7.17. The van der Waals surface area contributed by atoms with Crippen molar-refractivity contribution in [3.8, 4) is 0 Å². The fourth-order valence-corrected chi connectivity index (χ4v) is 3.51. The quantitative estimate of drug-likeness (QED) is 0.544. The molecule has 0 N–H and O–H groups in total. The van der Waals surface area contributed by atoms with Crippen LogP contribution in [0.5, 0.6) is 0 Å². The second kappa shape index (κ2) is 9.66. The van der Waals surface area contributed by atoms with E-state index in [9.17, 15) is 9.59 Å². The topological polar surface area (TPSA) is 60.7 Å². The van der Waals surface area contributed by atoms with E-state index in [1.54, 1.807) is 0 Å². The van der Waals surface area contributed by atoms with Gasteiger partial charge in [-0.05, 0) is 11.6 Å². The van der Waals surface area contributed by atoms with E-state index in [0.717, 1.165) is 5.56 Å². The number of aromatic nitrogens is 1. The molecule has 24 heavy (non-hydrogen) atoms. The highest BCUT2D eigenvalue weighted by Crippen LogP contribution is 2.15. The number of hydrogen-bond donors (Lipinski definition) is 0. The molecule has 0 saturated heterocycles. The minimum absolute atomic E-state index is 0.222. The molecule has 1 heterocycles. The first-order chi connectivity index (χ1) is 11.6. The SMILES string of the molecule is COC(=O)CCSCC(=O)N=c1sccn1Cc1ccccc1Cl. The number of amides is 1. The van der Waals surface area contributed by atoms with Gasteiger partial charge in [-0.3, -0.25) is 9.59 Å². The zero-order valence-electron chi connectivity index (χ0n) is 13.1. The molecule has 8 heteroatoms. The molecule has 0 radical (unpaired) electrons. The lowest BCUT2D eigenvalue weighted by Crippen LogP contribution is -2.18. The summed E-state index contributed by atoms with van der Waals surface area (Å²) in [5, 5.41) is 2.57. The lowest BCUT2D eigenvalue weighted by atomic mass is 10.2. The van der Waals surface area contributed by atoms with E-state index in [0.29, 0.717) is 28.5 Å². The van der Waals surface area contributed by atoms with Crippen molar-refractivity contribution >= 4 is 46.6 Å². The van der Waals surface area contributed by atoms with Gasteiger partial charge < -0.3 is 9.30 Å². The van der Waals surface area contributed by atoms with Crippen LogP contribution < -0.4 is 4.80 Å². The van der Waals surface area contributed by atoms with Gasteiger partial charge in [0.1, 0.15) is 0 Å². The molecule has 0 fully saturated rings. The summed E-state index contributed by atoms with van der Waals surface area (Å²) in [5.41, 5.74) is 0.971. The molecular formula is C16H17ClN2O3S2. The standard InChI is InChI=1S/C16H17ClN2O3S2/c1-22-15(21)6-8-23-11-14(20)18-16-19(7-9-24-16)10-12-4-2-3-5-13(12)17/h2-5,7,9H,6,8,10-11H2,1H3. The number of carbonyl (C=O) groups is 2. The number of carbonyl (C=O) groups excluding carboxylic acids is 2. The van der Waals surface area contributed by atoms with E-state index >= 15 is 0 Å². The van der Waals surface area contributed by atoms with Crippen LogP contribution in [-0.4, -0.2) is 35.1 Å². The average molecular weight is 385 g/mol. The van der Waals surface area contributed by atoms with Crippen LogP contribution >= 0.6 is 34.7 Å². The summed E-state index contributed by atoms with van der Waals surface area (Å²) in [7, 11) is 1.35. The number of methoxy groups -OCH3 is 1. The maximum atomic E-state index is 12.0. The number of rotatable bonds is 7. The Morgan fingerprint density at radius 1 is 1.38 bits per heavy atom. The number of thioether (sulfide) groups is 1. The van der Waals surface area contributed by atoms with Crippen LogP contribution in [-0.2, 0) is 20.9 Å². The fourth-order valence-electron chi connectivity index (χ4n) is 1.87. The third-order valence-electron chi connectivity index (χ3n) is 3.08. The zero-order valence-corrected chi connectivity index (χ0v) is 15.5. The highest BCUT2D eigenvalue weighted by molar-refractivity contribution is 7.99. The molecule has 5 nitrogen and oxygen atoms in total. The van der Waals surface area contributed by atoms with Gasteiger partial charge in [0.25, 0.3) is 5.91 Å². The summed E-state index contributed by atoms with van der Waals surface area (Å²) in [6.45, 7) is 0.560. The number of halogens is 1. The number of nitrogens with zero attached hydrogens (tertiary/aromatic N) is 2. The predicted octanol–water partition coefficient (Wildman–Crippen LogP) is 2.97. The van der Waals surface area contributed by atoms with Crippen LogP contribution in [0.2, 0.25) is 5.02 Å².